The van der Waals surface area contributed by atoms with E-state index < -0.39 is 0 Å². The zero-order chi connectivity index (χ0) is 11.7. The summed E-state index contributed by atoms with van der Waals surface area (Å²) in [5, 5.41) is 3.78. The quantitative estimate of drug-likeness (QED) is 0.874. The Morgan fingerprint density at radius 2 is 2.24 bits per heavy atom. The topological polar surface area (TPSA) is 34.4 Å². The molecule has 3 unspecified atom stereocenters. The number of methoxy groups -OCH3 is 1. The van der Waals surface area contributed by atoms with Gasteiger partial charge >= 0.3 is 0 Å². The van der Waals surface area contributed by atoms with Gasteiger partial charge in [-0.3, -0.25) is 0 Å². The zero-order valence-corrected chi connectivity index (χ0v) is 10.4. The number of nitrogens with one attached hydrogen (secondary N) is 1. The Kier molecular flexibility index (Phi) is 3.21. The van der Waals surface area contributed by atoms with Gasteiger partial charge in [0.15, 0.2) is 0 Å². The van der Waals surface area contributed by atoms with E-state index in [9.17, 15) is 0 Å². The molecular formula is C14H21NO2. The number of ether oxygens (including phenoxy) is 1. The summed E-state index contributed by atoms with van der Waals surface area (Å²) in [6.45, 7) is 0. The number of rotatable bonds is 3. The Hall–Kier alpha value is -0.800. The van der Waals surface area contributed by atoms with E-state index >= 15 is 0 Å². The summed E-state index contributed by atoms with van der Waals surface area (Å²) < 4.78 is 11.1. The van der Waals surface area contributed by atoms with E-state index in [2.05, 4.69) is 11.4 Å². The van der Waals surface area contributed by atoms with E-state index in [-0.39, 0.29) is 0 Å². The van der Waals surface area contributed by atoms with Crippen LogP contribution in [-0.2, 0) is 11.2 Å². The van der Waals surface area contributed by atoms with E-state index in [0.717, 1.165) is 6.42 Å². The van der Waals surface area contributed by atoms with Gasteiger partial charge in [0.05, 0.1) is 12.4 Å². The monoisotopic (exact) mass is 235 g/mol. The van der Waals surface area contributed by atoms with Crippen LogP contribution >= 0.6 is 0 Å². The lowest BCUT2D eigenvalue weighted by atomic mass is 9.92. The first-order valence-electron chi connectivity index (χ1n) is 6.73. The molecule has 0 spiro atoms. The van der Waals surface area contributed by atoms with Crippen LogP contribution in [0, 0.1) is 0 Å². The van der Waals surface area contributed by atoms with Crippen LogP contribution in [0.5, 0.6) is 0 Å². The van der Waals surface area contributed by atoms with Crippen molar-refractivity contribution in [3.05, 3.63) is 23.7 Å². The van der Waals surface area contributed by atoms with Crippen molar-refractivity contribution in [1.82, 2.24) is 5.32 Å². The van der Waals surface area contributed by atoms with E-state index in [0.29, 0.717) is 18.2 Å². The van der Waals surface area contributed by atoms with Crippen LogP contribution in [0.2, 0.25) is 0 Å². The van der Waals surface area contributed by atoms with Crippen molar-refractivity contribution in [2.45, 2.75) is 56.7 Å². The fourth-order valence-corrected chi connectivity index (χ4v) is 3.32. The molecule has 2 aliphatic carbocycles. The molecule has 0 radical (unpaired) electrons. The standard InChI is InChI=1S/C14H21NO2/c1-16-14-7-3-5-12(14)15-11-4-2-6-13-10(11)8-9-17-13/h8-9,11-12,14-15H,2-7H2,1H3. The molecule has 17 heavy (non-hydrogen) atoms. The van der Waals surface area contributed by atoms with E-state index in [1.165, 1.54) is 43.4 Å². The van der Waals surface area contributed by atoms with Crippen LogP contribution in [0.4, 0.5) is 0 Å². The lowest BCUT2D eigenvalue weighted by molar-refractivity contribution is 0.0801. The molecule has 0 aromatic carbocycles. The fourth-order valence-electron chi connectivity index (χ4n) is 3.32. The molecule has 1 saturated carbocycles. The van der Waals surface area contributed by atoms with Gasteiger partial charge in [-0.25, -0.2) is 0 Å². The maximum atomic E-state index is 5.55. The van der Waals surface area contributed by atoms with Gasteiger partial charge in [-0.1, -0.05) is 0 Å². The average Bonchev–Trinajstić information content (AvgIpc) is 2.97. The van der Waals surface area contributed by atoms with Gasteiger partial charge in [0.2, 0.25) is 0 Å². The van der Waals surface area contributed by atoms with Crippen molar-refractivity contribution in [2.24, 2.45) is 0 Å². The Morgan fingerprint density at radius 3 is 3.12 bits per heavy atom. The second kappa shape index (κ2) is 4.83. The third-order valence-electron chi connectivity index (χ3n) is 4.22. The largest absolute Gasteiger partial charge is 0.469 e. The summed E-state index contributed by atoms with van der Waals surface area (Å²) >= 11 is 0. The minimum Gasteiger partial charge on any atom is -0.469 e. The Morgan fingerprint density at radius 1 is 1.29 bits per heavy atom. The normalized spacial score (nSPS) is 32.6. The zero-order valence-electron chi connectivity index (χ0n) is 10.4. The van der Waals surface area contributed by atoms with Crippen molar-refractivity contribution in [3.8, 4) is 0 Å². The third kappa shape index (κ3) is 2.14. The van der Waals surface area contributed by atoms with Crippen molar-refractivity contribution < 1.29 is 9.15 Å². The molecule has 0 amide bonds. The molecule has 94 valence electrons. The van der Waals surface area contributed by atoms with Crippen LogP contribution < -0.4 is 5.32 Å². The van der Waals surface area contributed by atoms with Gasteiger partial charge in [-0.15, -0.1) is 0 Å². The summed E-state index contributed by atoms with van der Waals surface area (Å²) in [7, 11) is 1.83. The first kappa shape index (κ1) is 11.3. The van der Waals surface area contributed by atoms with Gasteiger partial charge < -0.3 is 14.5 Å². The molecule has 2 aliphatic rings. The van der Waals surface area contributed by atoms with Gasteiger partial charge in [-0.2, -0.15) is 0 Å². The second-order valence-electron chi connectivity index (χ2n) is 5.22. The highest BCUT2D eigenvalue weighted by Gasteiger charge is 2.31. The number of fused-ring (bicyclic) bond motifs is 1. The van der Waals surface area contributed by atoms with Crippen LogP contribution in [0.1, 0.15) is 49.5 Å². The molecule has 1 N–H and O–H groups in total. The predicted molar refractivity (Wildman–Crippen MR) is 66.0 cm³/mol. The van der Waals surface area contributed by atoms with E-state index in [4.69, 9.17) is 9.15 Å². The Balaban J connectivity index is 1.70. The smallest absolute Gasteiger partial charge is 0.108 e. The minimum atomic E-state index is 0.396. The van der Waals surface area contributed by atoms with Crippen molar-refractivity contribution in [1.29, 1.82) is 0 Å². The van der Waals surface area contributed by atoms with Gasteiger partial charge in [0.1, 0.15) is 5.76 Å². The van der Waals surface area contributed by atoms with Gasteiger partial charge in [0, 0.05) is 31.2 Å². The molecule has 0 bridgehead atoms. The maximum Gasteiger partial charge on any atom is 0.108 e. The summed E-state index contributed by atoms with van der Waals surface area (Å²) in [6, 6.07) is 3.12. The fraction of sp³-hybridized carbons (Fsp3) is 0.714. The highest BCUT2D eigenvalue weighted by Crippen LogP contribution is 2.33. The summed E-state index contributed by atoms with van der Waals surface area (Å²) in [5.74, 6) is 1.18. The maximum absolute atomic E-state index is 5.55. The van der Waals surface area contributed by atoms with Crippen molar-refractivity contribution in [3.63, 3.8) is 0 Å². The molecule has 1 heterocycles. The highest BCUT2D eigenvalue weighted by molar-refractivity contribution is 5.24. The molecule has 3 atom stereocenters. The molecule has 0 aliphatic heterocycles. The molecule has 3 rings (SSSR count). The Bertz CT molecular complexity index is 374. The van der Waals surface area contributed by atoms with Crippen LogP contribution in [0.3, 0.4) is 0 Å². The van der Waals surface area contributed by atoms with Gasteiger partial charge in [-0.05, 0) is 38.2 Å². The molecule has 1 fully saturated rings. The van der Waals surface area contributed by atoms with Crippen molar-refractivity contribution >= 4 is 0 Å². The van der Waals surface area contributed by atoms with Crippen molar-refractivity contribution in [2.75, 3.05) is 7.11 Å². The molecule has 1 aromatic rings. The molecule has 1 aromatic heterocycles. The second-order valence-corrected chi connectivity index (χ2v) is 5.22. The van der Waals surface area contributed by atoms with Gasteiger partial charge in [0.25, 0.3) is 0 Å². The first-order chi connectivity index (χ1) is 8.38. The highest BCUT2D eigenvalue weighted by atomic mass is 16.5. The molecule has 0 saturated heterocycles. The summed E-state index contributed by atoms with van der Waals surface area (Å²) in [6.07, 6.45) is 9.48. The Labute approximate surface area is 103 Å². The predicted octanol–water partition coefficient (Wildman–Crippen LogP) is 2.81. The third-order valence-corrected chi connectivity index (χ3v) is 4.22. The van der Waals surface area contributed by atoms with E-state index in [1.54, 1.807) is 0 Å². The first-order valence-corrected chi connectivity index (χ1v) is 6.73. The summed E-state index contributed by atoms with van der Waals surface area (Å²) in [4.78, 5) is 0. The molecule has 3 nitrogen and oxygen atoms in total. The molecular weight excluding hydrogens is 214 g/mol. The minimum absolute atomic E-state index is 0.396. The SMILES string of the molecule is COC1CCCC1NC1CCCc2occc21. The average molecular weight is 235 g/mol. The number of furan rings is 1. The van der Waals surface area contributed by atoms with Crippen LogP contribution in [-0.4, -0.2) is 19.3 Å². The number of aryl methyl sites for hydroxylation is 1. The van der Waals surface area contributed by atoms with Crippen LogP contribution in [0.25, 0.3) is 0 Å². The number of hydrogen-bond donors (Lipinski definition) is 1. The van der Waals surface area contributed by atoms with Crippen LogP contribution in [0.15, 0.2) is 16.7 Å². The lowest BCUT2D eigenvalue weighted by Crippen LogP contribution is -2.40. The lowest BCUT2D eigenvalue weighted by Gasteiger charge is -2.28. The number of hydrogen-bond acceptors (Lipinski definition) is 3. The summed E-state index contributed by atoms with van der Waals surface area (Å²) in [5.41, 5.74) is 1.37. The molecule has 3 heteroatoms. The van der Waals surface area contributed by atoms with E-state index in [1.807, 2.05) is 13.4 Å².